The zero-order valence-electron chi connectivity index (χ0n) is 10.9. The van der Waals surface area contributed by atoms with Crippen molar-refractivity contribution in [3.63, 3.8) is 0 Å². The van der Waals surface area contributed by atoms with Crippen LogP contribution in [0.2, 0.25) is 0 Å². The molecule has 0 aliphatic heterocycles. The molecule has 8 heteroatoms. The van der Waals surface area contributed by atoms with Crippen LogP contribution < -0.4 is 10.2 Å². The van der Waals surface area contributed by atoms with Crippen LogP contribution in [-0.2, 0) is 0 Å². The molecule has 7 nitrogen and oxygen atoms in total. The third-order valence-electron chi connectivity index (χ3n) is 2.75. The summed E-state index contributed by atoms with van der Waals surface area (Å²) in [6.45, 7) is 0. The predicted octanol–water partition coefficient (Wildman–Crippen LogP) is 2.33. The minimum Gasteiger partial charge on any atom is -0.367 e. The first-order chi connectivity index (χ1) is 9.54. The van der Waals surface area contributed by atoms with E-state index in [0.29, 0.717) is 5.69 Å². The van der Waals surface area contributed by atoms with Crippen molar-refractivity contribution in [3.05, 3.63) is 46.5 Å². The van der Waals surface area contributed by atoms with Gasteiger partial charge in [-0.1, -0.05) is 0 Å². The highest BCUT2D eigenvalue weighted by Gasteiger charge is 2.25. The van der Waals surface area contributed by atoms with Gasteiger partial charge >= 0.3 is 5.69 Å². The van der Waals surface area contributed by atoms with Crippen molar-refractivity contribution in [2.45, 2.75) is 0 Å². The van der Waals surface area contributed by atoms with Gasteiger partial charge in [0.1, 0.15) is 12.1 Å². The second-order valence-electron chi connectivity index (χ2n) is 3.94. The van der Waals surface area contributed by atoms with E-state index in [2.05, 4.69) is 15.3 Å². The van der Waals surface area contributed by atoms with E-state index >= 15 is 0 Å². The van der Waals surface area contributed by atoms with Gasteiger partial charge in [-0.2, -0.15) is 0 Å². The molecule has 2 rings (SSSR count). The molecule has 0 saturated heterocycles. The normalized spacial score (nSPS) is 10.2. The van der Waals surface area contributed by atoms with Crippen LogP contribution in [0.1, 0.15) is 0 Å². The molecule has 0 saturated carbocycles. The van der Waals surface area contributed by atoms with E-state index < -0.39 is 4.92 Å². The Morgan fingerprint density at radius 2 is 1.95 bits per heavy atom. The van der Waals surface area contributed by atoms with E-state index in [4.69, 9.17) is 0 Å². The molecular weight excluding hydrogens is 265 g/mol. The summed E-state index contributed by atoms with van der Waals surface area (Å²) in [5.74, 6) is -0.134. The third kappa shape index (κ3) is 2.48. The van der Waals surface area contributed by atoms with Crippen LogP contribution in [0.25, 0.3) is 0 Å². The summed E-state index contributed by atoms with van der Waals surface area (Å²) in [5, 5.41) is 13.8. The number of nitro groups is 1. The number of hydrogen-bond acceptors (Lipinski definition) is 6. The molecule has 0 aliphatic rings. The minimum atomic E-state index is -0.554. The van der Waals surface area contributed by atoms with Gasteiger partial charge in [-0.15, -0.1) is 0 Å². The van der Waals surface area contributed by atoms with Crippen LogP contribution in [0.15, 0.2) is 30.6 Å². The maximum atomic E-state index is 12.9. The van der Waals surface area contributed by atoms with Gasteiger partial charge < -0.3 is 10.2 Å². The lowest BCUT2D eigenvalue weighted by Gasteiger charge is -2.18. The molecule has 0 fully saturated rings. The fourth-order valence-electron chi connectivity index (χ4n) is 1.75. The lowest BCUT2D eigenvalue weighted by atomic mass is 10.3. The molecule has 0 amide bonds. The smallest absolute Gasteiger partial charge is 0.353 e. The Hall–Kier alpha value is -2.77. The molecule has 0 spiro atoms. The van der Waals surface area contributed by atoms with Crippen LogP contribution in [-0.4, -0.2) is 29.0 Å². The zero-order chi connectivity index (χ0) is 14.7. The molecular formula is C12H12FN5O2. The van der Waals surface area contributed by atoms with Crippen molar-refractivity contribution >= 4 is 23.0 Å². The second-order valence-corrected chi connectivity index (χ2v) is 3.94. The van der Waals surface area contributed by atoms with Gasteiger partial charge in [0.05, 0.1) is 4.92 Å². The van der Waals surface area contributed by atoms with Crippen molar-refractivity contribution in [2.24, 2.45) is 0 Å². The highest BCUT2D eigenvalue weighted by Crippen LogP contribution is 2.34. The lowest BCUT2D eigenvalue weighted by Crippen LogP contribution is -2.15. The summed E-state index contributed by atoms with van der Waals surface area (Å²) < 4.78 is 12.9. The molecule has 0 atom stereocenters. The number of rotatable bonds is 4. The van der Waals surface area contributed by atoms with E-state index in [-0.39, 0.29) is 23.1 Å². The quantitative estimate of drug-likeness (QED) is 0.682. The van der Waals surface area contributed by atoms with E-state index in [0.717, 1.165) is 0 Å². The van der Waals surface area contributed by atoms with Crippen molar-refractivity contribution in [2.75, 3.05) is 24.3 Å². The number of nitrogens with zero attached hydrogens (tertiary/aromatic N) is 4. The van der Waals surface area contributed by atoms with E-state index in [1.54, 1.807) is 7.05 Å². The van der Waals surface area contributed by atoms with E-state index in [1.807, 2.05) is 0 Å². The molecule has 1 N–H and O–H groups in total. The zero-order valence-corrected chi connectivity index (χ0v) is 10.9. The van der Waals surface area contributed by atoms with Gasteiger partial charge in [-0.05, 0) is 24.3 Å². The average Bonchev–Trinajstić information content (AvgIpc) is 2.46. The van der Waals surface area contributed by atoms with Gasteiger partial charge in [-0.3, -0.25) is 10.1 Å². The number of aromatic nitrogens is 2. The molecule has 20 heavy (non-hydrogen) atoms. The Labute approximate surface area is 114 Å². The van der Waals surface area contributed by atoms with Gasteiger partial charge in [0, 0.05) is 19.8 Å². The Morgan fingerprint density at radius 3 is 2.50 bits per heavy atom. The summed E-state index contributed by atoms with van der Waals surface area (Å²) in [4.78, 5) is 19.9. The fourth-order valence-corrected chi connectivity index (χ4v) is 1.75. The first-order valence-electron chi connectivity index (χ1n) is 5.71. The maximum absolute atomic E-state index is 12.9. The largest absolute Gasteiger partial charge is 0.367 e. The molecule has 1 heterocycles. The van der Waals surface area contributed by atoms with Crippen LogP contribution in [0, 0.1) is 15.9 Å². The second kappa shape index (κ2) is 5.47. The average molecular weight is 277 g/mol. The Morgan fingerprint density at radius 1 is 1.30 bits per heavy atom. The molecule has 0 aliphatic carbocycles. The molecule has 0 unspecified atom stereocenters. The highest BCUT2D eigenvalue weighted by atomic mass is 19.1. The molecule has 2 aromatic rings. The summed E-state index contributed by atoms with van der Waals surface area (Å²) in [7, 11) is 3.15. The first-order valence-corrected chi connectivity index (χ1v) is 5.71. The molecule has 1 aromatic heterocycles. The summed E-state index contributed by atoms with van der Waals surface area (Å²) in [6, 6.07) is 5.58. The topological polar surface area (TPSA) is 84.2 Å². The van der Waals surface area contributed by atoms with Crippen molar-refractivity contribution < 1.29 is 9.31 Å². The Balaban J connectivity index is 2.51. The SMILES string of the molecule is CNc1ncnc(N(C)c2ccc(F)cc2)c1[N+](=O)[O-]. The highest BCUT2D eigenvalue weighted by molar-refractivity contribution is 5.74. The van der Waals surface area contributed by atoms with Gasteiger partial charge in [0.2, 0.25) is 11.6 Å². The molecule has 0 bridgehead atoms. The number of benzene rings is 1. The Kier molecular flexibility index (Phi) is 3.74. The molecule has 1 aromatic carbocycles. The third-order valence-corrected chi connectivity index (χ3v) is 2.75. The van der Waals surface area contributed by atoms with Crippen molar-refractivity contribution in [1.29, 1.82) is 0 Å². The van der Waals surface area contributed by atoms with Crippen molar-refractivity contribution in [3.8, 4) is 0 Å². The summed E-state index contributed by atoms with van der Waals surface area (Å²) in [5.41, 5.74) is 0.345. The van der Waals surface area contributed by atoms with Gasteiger partial charge in [0.15, 0.2) is 0 Å². The summed E-state index contributed by atoms with van der Waals surface area (Å²) >= 11 is 0. The first kappa shape index (κ1) is 13.7. The Bertz CT molecular complexity index is 632. The lowest BCUT2D eigenvalue weighted by molar-refractivity contribution is -0.383. The maximum Gasteiger partial charge on any atom is 0.353 e. The predicted molar refractivity (Wildman–Crippen MR) is 72.7 cm³/mol. The van der Waals surface area contributed by atoms with Crippen LogP contribution in [0.3, 0.4) is 0 Å². The van der Waals surface area contributed by atoms with Crippen LogP contribution in [0.4, 0.5) is 27.4 Å². The van der Waals surface area contributed by atoms with E-state index in [1.165, 1.54) is 42.5 Å². The number of nitrogens with one attached hydrogen (secondary N) is 1. The van der Waals surface area contributed by atoms with Gasteiger partial charge in [0.25, 0.3) is 0 Å². The van der Waals surface area contributed by atoms with Crippen LogP contribution in [0.5, 0.6) is 0 Å². The van der Waals surface area contributed by atoms with E-state index in [9.17, 15) is 14.5 Å². The molecule has 0 radical (unpaired) electrons. The van der Waals surface area contributed by atoms with Gasteiger partial charge in [-0.25, -0.2) is 14.4 Å². The summed E-state index contributed by atoms with van der Waals surface area (Å²) in [6.07, 6.45) is 1.23. The minimum absolute atomic E-state index is 0.119. The van der Waals surface area contributed by atoms with Crippen molar-refractivity contribution in [1.82, 2.24) is 9.97 Å². The molecule has 104 valence electrons. The fraction of sp³-hybridized carbons (Fsp3) is 0.167. The number of anilines is 3. The number of halogens is 1. The number of hydrogen-bond donors (Lipinski definition) is 1. The monoisotopic (exact) mass is 277 g/mol. The standard InChI is InChI=1S/C12H12FN5O2/c1-14-11-10(18(19)20)12(16-7-15-11)17(2)9-5-3-8(13)4-6-9/h3-7H,1-2H3,(H,14,15,16). The van der Waals surface area contributed by atoms with Crippen LogP contribution >= 0.6 is 0 Å².